The van der Waals surface area contributed by atoms with Crippen molar-refractivity contribution in [3.8, 4) is 0 Å². The highest BCUT2D eigenvalue weighted by Crippen LogP contribution is 2.05. The molecule has 14 heavy (non-hydrogen) atoms. The van der Waals surface area contributed by atoms with E-state index in [1.807, 2.05) is 0 Å². The third-order valence-corrected chi connectivity index (χ3v) is 2.53. The number of hydrogen-bond acceptors (Lipinski definition) is 3. The van der Waals surface area contributed by atoms with E-state index in [1.54, 1.807) is 0 Å². The van der Waals surface area contributed by atoms with E-state index in [0.29, 0.717) is 12.2 Å². The predicted molar refractivity (Wildman–Crippen MR) is 53.2 cm³/mol. The fourth-order valence-electron chi connectivity index (χ4n) is 0.778. The lowest BCUT2D eigenvalue weighted by atomic mass is 10.3. The molecule has 6 heteroatoms. The highest BCUT2D eigenvalue weighted by atomic mass is 32.2. The Kier molecular flexibility index (Phi) is 7.18. The van der Waals surface area contributed by atoms with Crippen molar-refractivity contribution < 1.29 is 19.1 Å². The summed E-state index contributed by atoms with van der Waals surface area (Å²) in [4.78, 5) is 21.2. The number of carbonyl (C=O) groups excluding carboxylic acids is 1. The normalized spacial score (nSPS) is 12.1. The van der Waals surface area contributed by atoms with Gasteiger partial charge in [0.2, 0.25) is 5.91 Å². The van der Waals surface area contributed by atoms with Gasteiger partial charge in [-0.15, -0.1) is 0 Å². The second-order valence-electron chi connectivity index (χ2n) is 2.71. The number of halogens is 1. The van der Waals surface area contributed by atoms with Gasteiger partial charge in [-0.2, -0.15) is 11.8 Å². The Morgan fingerprint density at radius 2 is 2.21 bits per heavy atom. The number of alkyl halides is 1. The summed E-state index contributed by atoms with van der Waals surface area (Å²) in [5.74, 6) is -0.592. The summed E-state index contributed by atoms with van der Waals surface area (Å²) in [5, 5.41) is 11.0. The van der Waals surface area contributed by atoms with Crippen molar-refractivity contribution in [3.05, 3.63) is 0 Å². The molecule has 4 nitrogen and oxygen atoms in total. The molecule has 0 aromatic carbocycles. The van der Waals surface area contributed by atoms with Crippen LogP contribution in [-0.4, -0.2) is 41.2 Å². The summed E-state index contributed by atoms with van der Waals surface area (Å²) in [6.07, 6.45) is 0.414. The highest BCUT2D eigenvalue weighted by molar-refractivity contribution is 7.99. The van der Waals surface area contributed by atoms with Crippen LogP contribution in [0.15, 0.2) is 0 Å². The summed E-state index contributed by atoms with van der Waals surface area (Å²) in [5.41, 5.74) is 0. The van der Waals surface area contributed by atoms with Gasteiger partial charge in [0.05, 0.1) is 6.67 Å². The maximum absolute atomic E-state index is 11.7. The van der Waals surface area contributed by atoms with Crippen LogP contribution in [0, 0.1) is 0 Å². The second kappa shape index (κ2) is 7.61. The van der Waals surface area contributed by atoms with Crippen molar-refractivity contribution in [3.63, 3.8) is 0 Å². The first-order valence-electron chi connectivity index (χ1n) is 4.21. The maximum Gasteiger partial charge on any atom is 0.327 e. The average Bonchev–Trinajstić information content (AvgIpc) is 2.09. The van der Waals surface area contributed by atoms with E-state index in [2.05, 4.69) is 5.32 Å². The van der Waals surface area contributed by atoms with Crippen LogP contribution in [-0.2, 0) is 9.59 Å². The van der Waals surface area contributed by atoms with Crippen molar-refractivity contribution in [2.75, 3.05) is 18.2 Å². The molecule has 1 atom stereocenters. The molecule has 0 saturated heterocycles. The first kappa shape index (κ1) is 13.2. The molecule has 0 saturated carbocycles. The van der Waals surface area contributed by atoms with Gasteiger partial charge in [-0.3, -0.25) is 9.18 Å². The summed E-state index contributed by atoms with van der Waals surface area (Å²) in [6, 6.07) is -0.878. The SMILES string of the molecule is CC(=O)NC(CSCCCF)C(=O)O. The highest BCUT2D eigenvalue weighted by Gasteiger charge is 2.17. The number of carboxylic acids is 1. The topological polar surface area (TPSA) is 66.4 Å². The van der Waals surface area contributed by atoms with Gasteiger partial charge in [0, 0.05) is 12.7 Å². The number of carbonyl (C=O) groups is 2. The standard InChI is InChI=1S/C8H14FNO3S/c1-6(11)10-7(8(12)13)5-14-4-2-3-9/h7H,2-5H2,1H3,(H,10,11)(H,12,13). The van der Waals surface area contributed by atoms with Crippen molar-refractivity contribution in [2.24, 2.45) is 0 Å². The van der Waals surface area contributed by atoms with Crippen LogP contribution in [0.3, 0.4) is 0 Å². The fourth-order valence-corrected chi connectivity index (χ4v) is 1.72. The first-order valence-corrected chi connectivity index (χ1v) is 5.37. The zero-order valence-electron chi connectivity index (χ0n) is 7.96. The Bertz CT molecular complexity index is 201. The molecular formula is C8H14FNO3S. The van der Waals surface area contributed by atoms with Crippen molar-refractivity contribution >= 4 is 23.6 Å². The molecule has 0 fully saturated rings. The first-order chi connectivity index (χ1) is 6.57. The van der Waals surface area contributed by atoms with Crippen LogP contribution in [0.1, 0.15) is 13.3 Å². The number of nitrogens with one attached hydrogen (secondary N) is 1. The molecule has 0 bridgehead atoms. The molecule has 0 rings (SSSR count). The van der Waals surface area contributed by atoms with E-state index in [0.717, 1.165) is 0 Å². The summed E-state index contributed by atoms with van der Waals surface area (Å²) < 4.78 is 11.7. The van der Waals surface area contributed by atoms with Gasteiger partial charge < -0.3 is 10.4 Å². The molecule has 0 heterocycles. The van der Waals surface area contributed by atoms with Crippen LogP contribution in [0.4, 0.5) is 4.39 Å². The second-order valence-corrected chi connectivity index (χ2v) is 3.86. The summed E-state index contributed by atoms with van der Waals surface area (Å²) >= 11 is 1.32. The monoisotopic (exact) mass is 223 g/mol. The number of aliphatic carboxylic acids is 1. The lowest BCUT2D eigenvalue weighted by molar-refractivity contribution is -0.140. The van der Waals surface area contributed by atoms with Gasteiger partial charge in [0.25, 0.3) is 0 Å². The third kappa shape index (κ3) is 6.71. The number of carboxylic acid groups (broad SMARTS) is 1. The van der Waals surface area contributed by atoms with Crippen LogP contribution in [0.25, 0.3) is 0 Å². The number of amides is 1. The quantitative estimate of drug-likeness (QED) is 0.622. The van der Waals surface area contributed by atoms with E-state index in [4.69, 9.17) is 5.11 Å². The molecule has 0 radical (unpaired) electrons. The molecule has 0 aliphatic heterocycles. The molecule has 0 aromatic rings. The Hall–Kier alpha value is -0.780. The number of thioether (sulfide) groups is 1. The van der Waals surface area contributed by atoms with Gasteiger partial charge in [-0.1, -0.05) is 0 Å². The molecule has 1 unspecified atom stereocenters. The maximum atomic E-state index is 11.7. The van der Waals surface area contributed by atoms with Crippen molar-refractivity contribution in [1.29, 1.82) is 0 Å². The minimum Gasteiger partial charge on any atom is -0.480 e. The zero-order chi connectivity index (χ0) is 11.0. The molecule has 0 aromatic heterocycles. The molecule has 0 spiro atoms. The predicted octanol–water partition coefficient (Wildman–Crippen LogP) is 0.668. The Balaban J connectivity index is 3.74. The average molecular weight is 223 g/mol. The molecular weight excluding hydrogens is 209 g/mol. The number of rotatable bonds is 7. The molecule has 1 amide bonds. The smallest absolute Gasteiger partial charge is 0.327 e. The zero-order valence-corrected chi connectivity index (χ0v) is 8.77. The van der Waals surface area contributed by atoms with E-state index in [1.165, 1.54) is 18.7 Å². The summed E-state index contributed by atoms with van der Waals surface area (Å²) in [7, 11) is 0. The molecule has 0 aliphatic carbocycles. The van der Waals surface area contributed by atoms with Gasteiger partial charge >= 0.3 is 5.97 Å². The lowest BCUT2D eigenvalue weighted by Crippen LogP contribution is -2.41. The Morgan fingerprint density at radius 1 is 1.57 bits per heavy atom. The Labute approximate surface area is 86.2 Å². The molecule has 82 valence electrons. The van der Waals surface area contributed by atoms with Gasteiger partial charge in [-0.25, -0.2) is 4.79 Å². The fraction of sp³-hybridized carbons (Fsp3) is 0.750. The van der Waals surface area contributed by atoms with Crippen LogP contribution < -0.4 is 5.32 Å². The van der Waals surface area contributed by atoms with E-state index >= 15 is 0 Å². The third-order valence-electron chi connectivity index (χ3n) is 1.38. The minimum absolute atomic E-state index is 0.273. The van der Waals surface area contributed by atoms with Gasteiger partial charge in [0.1, 0.15) is 6.04 Å². The van der Waals surface area contributed by atoms with Gasteiger partial charge in [-0.05, 0) is 12.2 Å². The van der Waals surface area contributed by atoms with Crippen molar-refractivity contribution in [1.82, 2.24) is 5.32 Å². The lowest BCUT2D eigenvalue weighted by Gasteiger charge is -2.12. The van der Waals surface area contributed by atoms with Crippen molar-refractivity contribution in [2.45, 2.75) is 19.4 Å². The number of hydrogen-bond donors (Lipinski definition) is 2. The van der Waals surface area contributed by atoms with Gasteiger partial charge in [0.15, 0.2) is 0 Å². The minimum atomic E-state index is -1.06. The summed E-state index contributed by atoms with van der Waals surface area (Å²) in [6.45, 7) is 0.868. The van der Waals surface area contributed by atoms with Crippen LogP contribution in [0.5, 0.6) is 0 Å². The van der Waals surface area contributed by atoms with E-state index < -0.39 is 18.7 Å². The Morgan fingerprint density at radius 3 is 2.64 bits per heavy atom. The van der Waals surface area contributed by atoms with E-state index in [-0.39, 0.29) is 11.7 Å². The molecule has 0 aliphatic rings. The van der Waals surface area contributed by atoms with Crippen LogP contribution >= 0.6 is 11.8 Å². The van der Waals surface area contributed by atoms with Crippen LogP contribution in [0.2, 0.25) is 0 Å². The largest absolute Gasteiger partial charge is 0.480 e. The van der Waals surface area contributed by atoms with E-state index in [9.17, 15) is 14.0 Å². The molecule has 2 N–H and O–H groups in total.